The Bertz CT molecular complexity index is 1290. The van der Waals surface area contributed by atoms with Gasteiger partial charge in [-0.1, -0.05) is 6.92 Å². The summed E-state index contributed by atoms with van der Waals surface area (Å²) in [4.78, 5) is 15.8. The lowest BCUT2D eigenvalue weighted by molar-refractivity contribution is 0.414. The van der Waals surface area contributed by atoms with Gasteiger partial charge in [-0.3, -0.25) is 4.79 Å². The van der Waals surface area contributed by atoms with Gasteiger partial charge >= 0.3 is 0 Å². The fraction of sp³-hybridized carbons (Fsp3) is 0.316. The number of nitrogens with one attached hydrogen (secondary N) is 1. The van der Waals surface area contributed by atoms with E-state index in [2.05, 4.69) is 17.1 Å². The first-order chi connectivity index (χ1) is 13.1. The van der Waals surface area contributed by atoms with Crippen molar-refractivity contribution >= 4 is 39.5 Å². The minimum absolute atomic E-state index is 0.0382. The number of aromatic nitrogens is 4. The number of H-pyrrole nitrogens is 1. The molecule has 5 rings (SSSR count). The Labute approximate surface area is 164 Å². The number of benzene rings is 1. The monoisotopic (exact) mass is 398 g/mol. The maximum Gasteiger partial charge on any atom is 0.268 e. The normalized spacial score (nSPS) is 16.7. The van der Waals surface area contributed by atoms with Gasteiger partial charge in [0, 0.05) is 4.88 Å². The Kier molecular flexibility index (Phi) is 3.73. The molecule has 3 aromatic heterocycles. The molecule has 1 atom stereocenters. The van der Waals surface area contributed by atoms with Gasteiger partial charge in [-0.15, -0.1) is 16.4 Å². The molecule has 27 heavy (non-hydrogen) atoms. The quantitative estimate of drug-likeness (QED) is 0.520. The van der Waals surface area contributed by atoms with Crippen LogP contribution in [0.25, 0.3) is 21.7 Å². The summed E-state index contributed by atoms with van der Waals surface area (Å²) in [5, 5.41) is 7.99. The molecule has 1 aliphatic rings. The summed E-state index contributed by atoms with van der Waals surface area (Å²) in [5.74, 6) is 1.89. The van der Waals surface area contributed by atoms with E-state index in [-0.39, 0.29) is 5.56 Å². The summed E-state index contributed by atoms with van der Waals surface area (Å²) in [6.07, 6.45) is 3.06. The summed E-state index contributed by atoms with van der Waals surface area (Å²) in [6.45, 7) is 2.27. The van der Waals surface area contributed by atoms with Crippen LogP contribution in [0.1, 0.15) is 23.8 Å². The van der Waals surface area contributed by atoms with Crippen molar-refractivity contribution in [2.45, 2.75) is 26.2 Å². The lowest BCUT2D eigenvalue weighted by atomic mass is 9.89. The Morgan fingerprint density at radius 3 is 2.85 bits per heavy atom. The van der Waals surface area contributed by atoms with Gasteiger partial charge in [-0.05, 0) is 67.2 Å². The molecule has 0 fully saturated rings. The third-order valence-corrected chi connectivity index (χ3v) is 6.81. The van der Waals surface area contributed by atoms with Crippen LogP contribution in [-0.4, -0.2) is 26.3 Å². The zero-order valence-electron chi connectivity index (χ0n) is 15.0. The van der Waals surface area contributed by atoms with Crippen molar-refractivity contribution in [2.24, 2.45) is 5.92 Å². The van der Waals surface area contributed by atoms with Gasteiger partial charge in [-0.25, -0.2) is 14.1 Å². The van der Waals surface area contributed by atoms with E-state index in [9.17, 15) is 4.79 Å². The van der Waals surface area contributed by atoms with Crippen molar-refractivity contribution in [1.82, 2.24) is 19.2 Å². The molecule has 4 aromatic rings. The largest absolute Gasteiger partial charge is 0.497 e. The topological polar surface area (TPSA) is 64.3 Å². The highest BCUT2D eigenvalue weighted by atomic mass is 32.1. The molecule has 0 aliphatic heterocycles. The van der Waals surface area contributed by atoms with E-state index in [1.807, 2.05) is 28.7 Å². The van der Waals surface area contributed by atoms with Crippen LogP contribution in [0.3, 0.4) is 0 Å². The standard InChI is InChI=1S/C19H18N4O2S2/c1-10-3-8-13-14(9-10)27-17-15(13)16(24)22(18-20-21-19(26)23(17)18)11-4-6-12(25-2)7-5-11/h4-7,10H,3,8-9H2,1-2H3,(H,21,26). The Balaban J connectivity index is 1.91. The molecule has 1 aromatic carbocycles. The fourth-order valence-electron chi connectivity index (χ4n) is 3.90. The number of hydrogen-bond acceptors (Lipinski definition) is 5. The van der Waals surface area contributed by atoms with E-state index < -0.39 is 0 Å². The van der Waals surface area contributed by atoms with E-state index in [0.29, 0.717) is 16.5 Å². The summed E-state index contributed by atoms with van der Waals surface area (Å²) in [7, 11) is 1.62. The van der Waals surface area contributed by atoms with Crippen molar-refractivity contribution in [3.05, 3.63) is 49.8 Å². The molecule has 3 heterocycles. The van der Waals surface area contributed by atoms with Gasteiger partial charge in [0.25, 0.3) is 5.56 Å². The van der Waals surface area contributed by atoms with E-state index >= 15 is 0 Å². The van der Waals surface area contributed by atoms with Crippen molar-refractivity contribution in [3.8, 4) is 11.4 Å². The number of aromatic amines is 1. The lowest BCUT2D eigenvalue weighted by Gasteiger charge is -2.17. The first kappa shape index (κ1) is 16.7. The average molecular weight is 399 g/mol. The Morgan fingerprint density at radius 2 is 2.11 bits per heavy atom. The molecule has 0 bridgehead atoms. The fourth-order valence-corrected chi connectivity index (χ4v) is 5.68. The Morgan fingerprint density at radius 1 is 1.33 bits per heavy atom. The molecule has 0 radical (unpaired) electrons. The molecule has 0 spiro atoms. The summed E-state index contributed by atoms with van der Waals surface area (Å²) >= 11 is 7.17. The van der Waals surface area contributed by atoms with Crippen LogP contribution in [0.4, 0.5) is 0 Å². The number of hydrogen-bond donors (Lipinski definition) is 1. The lowest BCUT2D eigenvalue weighted by Crippen LogP contribution is -2.22. The second-order valence-corrected chi connectivity index (χ2v) is 8.50. The van der Waals surface area contributed by atoms with Crippen LogP contribution in [0, 0.1) is 10.7 Å². The van der Waals surface area contributed by atoms with E-state index in [1.165, 1.54) is 10.4 Å². The summed E-state index contributed by atoms with van der Waals surface area (Å²) < 4.78 is 9.27. The van der Waals surface area contributed by atoms with Gasteiger partial charge < -0.3 is 4.74 Å². The molecule has 0 saturated heterocycles. The first-order valence-corrected chi connectivity index (χ1v) is 10.1. The van der Waals surface area contributed by atoms with Gasteiger partial charge in [0.05, 0.1) is 18.2 Å². The van der Waals surface area contributed by atoms with Gasteiger partial charge in [0.2, 0.25) is 10.5 Å². The average Bonchev–Trinajstić information content (AvgIpc) is 3.22. The molecule has 8 heteroatoms. The van der Waals surface area contributed by atoms with Crippen LogP contribution >= 0.6 is 23.6 Å². The highest BCUT2D eigenvalue weighted by molar-refractivity contribution is 7.71. The minimum atomic E-state index is -0.0382. The number of thiophene rings is 1. The molecular formula is C19H18N4O2S2. The smallest absolute Gasteiger partial charge is 0.268 e. The van der Waals surface area contributed by atoms with E-state index in [4.69, 9.17) is 17.0 Å². The van der Waals surface area contributed by atoms with Gasteiger partial charge in [0.1, 0.15) is 10.6 Å². The second-order valence-electron chi connectivity index (χ2n) is 7.03. The first-order valence-electron chi connectivity index (χ1n) is 8.89. The molecule has 6 nitrogen and oxygen atoms in total. The predicted molar refractivity (Wildman–Crippen MR) is 109 cm³/mol. The number of fused-ring (bicyclic) bond motifs is 5. The number of methoxy groups -OCH3 is 1. The maximum atomic E-state index is 13.6. The summed E-state index contributed by atoms with van der Waals surface area (Å²) in [6, 6.07) is 7.42. The van der Waals surface area contributed by atoms with Crippen LogP contribution < -0.4 is 10.3 Å². The molecular weight excluding hydrogens is 380 g/mol. The van der Waals surface area contributed by atoms with Crippen LogP contribution in [0.5, 0.6) is 5.75 Å². The highest BCUT2D eigenvalue weighted by Gasteiger charge is 2.26. The highest BCUT2D eigenvalue weighted by Crippen LogP contribution is 2.37. The molecule has 1 N–H and O–H groups in total. The maximum absolute atomic E-state index is 13.6. The zero-order chi connectivity index (χ0) is 18.7. The number of ether oxygens (including phenoxy) is 1. The number of aryl methyl sites for hydroxylation is 1. The molecule has 0 saturated carbocycles. The van der Waals surface area contributed by atoms with E-state index in [1.54, 1.807) is 23.0 Å². The van der Waals surface area contributed by atoms with Crippen molar-refractivity contribution in [3.63, 3.8) is 0 Å². The van der Waals surface area contributed by atoms with Crippen LogP contribution in [0.2, 0.25) is 0 Å². The predicted octanol–water partition coefficient (Wildman–Crippen LogP) is 3.89. The molecule has 138 valence electrons. The SMILES string of the molecule is COc1ccc(-n2c(=O)c3c4c(sc3n3c(=S)[nH]nc23)CC(C)CC4)cc1. The number of rotatable bonds is 2. The van der Waals surface area contributed by atoms with Crippen molar-refractivity contribution < 1.29 is 4.74 Å². The molecule has 1 aliphatic carbocycles. The minimum Gasteiger partial charge on any atom is -0.497 e. The number of nitrogens with zero attached hydrogens (tertiary/aromatic N) is 3. The Hall–Kier alpha value is -2.45. The summed E-state index contributed by atoms with van der Waals surface area (Å²) in [5.41, 5.74) is 1.89. The third-order valence-electron chi connectivity index (χ3n) is 5.30. The van der Waals surface area contributed by atoms with Crippen molar-refractivity contribution in [1.29, 1.82) is 0 Å². The zero-order valence-corrected chi connectivity index (χ0v) is 16.6. The van der Waals surface area contributed by atoms with Gasteiger partial charge in [-0.2, -0.15) is 0 Å². The van der Waals surface area contributed by atoms with Crippen LogP contribution in [0.15, 0.2) is 29.1 Å². The molecule has 1 unspecified atom stereocenters. The van der Waals surface area contributed by atoms with Crippen molar-refractivity contribution in [2.75, 3.05) is 7.11 Å². The third kappa shape index (κ3) is 2.40. The molecule has 0 amide bonds. The van der Waals surface area contributed by atoms with Gasteiger partial charge in [0.15, 0.2) is 0 Å². The second kappa shape index (κ2) is 6.03. The van der Waals surface area contributed by atoms with Crippen LogP contribution in [-0.2, 0) is 12.8 Å². The van der Waals surface area contributed by atoms with E-state index in [0.717, 1.165) is 40.9 Å².